The second-order valence-corrected chi connectivity index (χ2v) is 6.71. The van der Waals surface area contributed by atoms with Gasteiger partial charge in [0.25, 0.3) is 0 Å². The maximum Gasteiger partial charge on any atom is 0.416 e. The van der Waals surface area contributed by atoms with E-state index in [4.69, 9.17) is 0 Å². The molecule has 0 saturated carbocycles. The first-order valence-corrected chi connectivity index (χ1v) is 8.12. The molecule has 1 N–H and O–H groups in total. The zero-order chi connectivity index (χ0) is 13.9. The maximum atomic E-state index is 13.0. The number of nitrogens with zero attached hydrogens (tertiary/aromatic N) is 1. The number of halogens is 3. The monoisotopic (exact) mass is 308 g/mol. The van der Waals surface area contributed by atoms with Crippen molar-refractivity contribution in [3.05, 3.63) is 29.6 Å². The minimum Gasteiger partial charge on any atom is -0.312 e. The first-order valence-electron chi connectivity index (χ1n) is 5.91. The molecule has 2 unspecified atom stereocenters. The average Bonchev–Trinajstić information content (AvgIpc) is 2.40. The molecule has 0 aromatic carbocycles. The van der Waals surface area contributed by atoms with Crippen molar-refractivity contribution in [2.24, 2.45) is 0 Å². The van der Waals surface area contributed by atoms with Crippen molar-refractivity contribution in [3.63, 3.8) is 0 Å². The number of pyridine rings is 1. The van der Waals surface area contributed by atoms with Crippen LogP contribution in [-0.4, -0.2) is 34.5 Å². The second-order valence-electron chi connectivity index (χ2n) is 4.21. The number of hydrogen-bond acceptors (Lipinski definition) is 4. The Balaban J connectivity index is 2.32. The van der Waals surface area contributed by atoms with E-state index in [-0.39, 0.29) is 16.9 Å². The molecule has 1 saturated heterocycles. The third kappa shape index (κ3) is 3.58. The highest BCUT2D eigenvalue weighted by molar-refractivity contribution is 8.06. The smallest absolute Gasteiger partial charge is 0.312 e. The molecule has 2 atom stereocenters. The summed E-state index contributed by atoms with van der Waals surface area (Å²) in [6.45, 7) is 0. The molecule has 1 fully saturated rings. The molecule has 7 heteroatoms. The summed E-state index contributed by atoms with van der Waals surface area (Å²) in [5, 5.41) is 3.17. The van der Waals surface area contributed by atoms with Crippen LogP contribution in [0.15, 0.2) is 18.5 Å². The van der Waals surface area contributed by atoms with Crippen molar-refractivity contribution < 1.29 is 13.2 Å². The van der Waals surface area contributed by atoms with Crippen molar-refractivity contribution in [2.75, 3.05) is 24.3 Å². The van der Waals surface area contributed by atoms with Crippen LogP contribution in [0.1, 0.15) is 17.2 Å². The molecule has 106 valence electrons. The number of hydrogen-bond donors (Lipinski definition) is 1. The fourth-order valence-electron chi connectivity index (χ4n) is 2.15. The third-order valence-corrected chi connectivity index (χ3v) is 5.88. The Morgan fingerprint density at radius 1 is 1.42 bits per heavy atom. The largest absolute Gasteiger partial charge is 0.416 e. The number of nitrogens with one attached hydrogen (secondary N) is 1. The number of aromatic nitrogens is 1. The molecule has 19 heavy (non-hydrogen) atoms. The summed E-state index contributed by atoms with van der Waals surface area (Å²) in [5.74, 6) is 2.91. The quantitative estimate of drug-likeness (QED) is 0.927. The van der Waals surface area contributed by atoms with Gasteiger partial charge in [0, 0.05) is 46.5 Å². The van der Waals surface area contributed by atoms with Crippen molar-refractivity contribution in [3.8, 4) is 0 Å². The Hall–Kier alpha value is -0.400. The fraction of sp³-hybridized carbons (Fsp3) is 0.583. The number of rotatable bonds is 3. The molecular weight excluding hydrogens is 293 g/mol. The Labute approximate surface area is 118 Å². The van der Waals surface area contributed by atoms with E-state index in [0.717, 1.165) is 23.3 Å². The van der Waals surface area contributed by atoms with Gasteiger partial charge in [0.15, 0.2) is 0 Å². The Bertz CT molecular complexity index is 420. The molecule has 1 aromatic heterocycles. The van der Waals surface area contributed by atoms with E-state index in [0.29, 0.717) is 0 Å². The van der Waals surface area contributed by atoms with Crippen molar-refractivity contribution in [1.82, 2.24) is 10.3 Å². The van der Waals surface area contributed by atoms with Crippen LogP contribution in [-0.2, 0) is 6.18 Å². The van der Waals surface area contributed by atoms with Gasteiger partial charge in [0.2, 0.25) is 0 Å². The Morgan fingerprint density at radius 2 is 2.21 bits per heavy atom. The highest BCUT2D eigenvalue weighted by Gasteiger charge is 2.37. The summed E-state index contributed by atoms with van der Waals surface area (Å²) in [7, 11) is 1.71. The van der Waals surface area contributed by atoms with E-state index < -0.39 is 11.7 Å². The van der Waals surface area contributed by atoms with E-state index in [1.165, 1.54) is 12.4 Å². The topological polar surface area (TPSA) is 24.9 Å². The predicted octanol–water partition coefficient (Wildman–Crippen LogP) is 3.21. The van der Waals surface area contributed by atoms with Gasteiger partial charge >= 0.3 is 6.18 Å². The Morgan fingerprint density at radius 3 is 2.79 bits per heavy atom. The van der Waals surface area contributed by atoms with Crippen LogP contribution < -0.4 is 5.32 Å². The zero-order valence-corrected chi connectivity index (χ0v) is 12.0. The van der Waals surface area contributed by atoms with Gasteiger partial charge in [-0.25, -0.2) is 0 Å². The molecule has 2 heterocycles. The molecule has 0 radical (unpaired) electrons. The molecule has 0 bridgehead atoms. The lowest BCUT2D eigenvalue weighted by Gasteiger charge is -2.30. The minimum absolute atomic E-state index is 0.147. The zero-order valence-electron chi connectivity index (χ0n) is 10.4. The lowest BCUT2D eigenvalue weighted by Crippen LogP contribution is -2.33. The third-order valence-electron chi connectivity index (χ3n) is 3.02. The SMILES string of the molecule is CNC(c1cnccc1C(F)(F)F)C1CSCCS1. The summed E-state index contributed by atoms with van der Waals surface area (Å²) in [5.41, 5.74) is -0.337. The van der Waals surface area contributed by atoms with E-state index in [1.54, 1.807) is 30.6 Å². The van der Waals surface area contributed by atoms with Gasteiger partial charge in [-0.1, -0.05) is 0 Å². The van der Waals surface area contributed by atoms with Crippen LogP contribution in [0.2, 0.25) is 0 Å². The minimum atomic E-state index is -4.33. The van der Waals surface area contributed by atoms with Crippen LogP contribution in [0, 0.1) is 0 Å². The highest BCUT2D eigenvalue weighted by atomic mass is 32.2. The molecule has 2 rings (SSSR count). The molecule has 0 spiro atoms. The normalized spacial score (nSPS) is 22.2. The predicted molar refractivity (Wildman–Crippen MR) is 74.6 cm³/mol. The molecule has 2 nitrogen and oxygen atoms in total. The Kier molecular flexibility index (Phi) is 5.03. The van der Waals surface area contributed by atoms with Gasteiger partial charge in [-0.2, -0.15) is 36.7 Å². The van der Waals surface area contributed by atoms with Gasteiger partial charge in [-0.15, -0.1) is 0 Å². The summed E-state index contributed by atoms with van der Waals surface area (Å²) >= 11 is 3.52. The van der Waals surface area contributed by atoms with Gasteiger partial charge in [0.05, 0.1) is 5.56 Å². The first kappa shape index (κ1) is 15.0. The summed E-state index contributed by atoms with van der Waals surface area (Å²) in [4.78, 5) is 3.87. The maximum absolute atomic E-state index is 13.0. The second kappa shape index (κ2) is 6.37. The van der Waals surface area contributed by atoms with Crippen molar-refractivity contribution >= 4 is 23.5 Å². The summed E-state index contributed by atoms with van der Waals surface area (Å²) in [6, 6.07) is 0.739. The molecule has 1 aliphatic rings. The first-order chi connectivity index (χ1) is 9.04. The van der Waals surface area contributed by atoms with Crippen molar-refractivity contribution in [1.29, 1.82) is 0 Å². The van der Waals surface area contributed by atoms with Gasteiger partial charge in [-0.05, 0) is 13.1 Å². The van der Waals surface area contributed by atoms with Gasteiger partial charge < -0.3 is 5.32 Å². The molecular formula is C12H15F3N2S2. The lowest BCUT2D eigenvalue weighted by molar-refractivity contribution is -0.138. The standard InChI is InChI=1S/C12H15F3N2S2/c1-16-11(10-7-18-4-5-19-10)8-6-17-3-2-9(8)12(13,14)15/h2-3,6,10-11,16H,4-5,7H2,1H3. The van der Waals surface area contributed by atoms with Crippen LogP contribution >= 0.6 is 23.5 Å². The van der Waals surface area contributed by atoms with Crippen LogP contribution in [0.25, 0.3) is 0 Å². The fourth-order valence-corrected chi connectivity index (χ4v) is 5.05. The van der Waals surface area contributed by atoms with Gasteiger partial charge in [0.1, 0.15) is 0 Å². The molecule has 0 amide bonds. The van der Waals surface area contributed by atoms with Crippen LogP contribution in [0.5, 0.6) is 0 Å². The van der Waals surface area contributed by atoms with Gasteiger partial charge in [-0.3, -0.25) is 4.98 Å². The average molecular weight is 308 g/mol. The molecule has 0 aliphatic carbocycles. The van der Waals surface area contributed by atoms with E-state index in [9.17, 15) is 13.2 Å². The van der Waals surface area contributed by atoms with E-state index in [2.05, 4.69) is 10.3 Å². The molecule has 1 aromatic rings. The summed E-state index contributed by atoms with van der Waals surface area (Å²) < 4.78 is 39.1. The number of thioether (sulfide) groups is 2. The van der Waals surface area contributed by atoms with E-state index >= 15 is 0 Å². The molecule has 1 aliphatic heterocycles. The number of alkyl halides is 3. The van der Waals surface area contributed by atoms with Crippen molar-refractivity contribution in [2.45, 2.75) is 17.5 Å². The highest BCUT2D eigenvalue weighted by Crippen LogP contribution is 2.39. The van der Waals surface area contributed by atoms with E-state index in [1.807, 2.05) is 0 Å². The summed E-state index contributed by atoms with van der Waals surface area (Å²) in [6.07, 6.45) is -1.80. The lowest BCUT2D eigenvalue weighted by atomic mass is 10.0. The van der Waals surface area contributed by atoms with Crippen LogP contribution in [0.3, 0.4) is 0 Å². The van der Waals surface area contributed by atoms with Crippen LogP contribution in [0.4, 0.5) is 13.2 Å².